The second kappa shape index (κ2) is 5.12. The SMILES string of the molecule is Cc1ccc2c(c1)ncn2[C@@H]1CCN(Cl)C[C@H]1CO. The van der Waals surface area contributed by atoms with Gasteiger partial charge < -0.3 is 9.67 Å². The summed E-state index contributed by atoms with van der Waals surface area (Å²) < 4.78 is 3.96. The number of nitrogens with zero attached hydrogens (tertiary/aromatic N) is 3. The molecule has 1 aliphatic heterocycles. The Hall–Kier alpha value is -1.10. The zero-order chi connectivity index (χ0) is 13.4. The summed E-state index contributed by atoms with van der Waals surface area (Å²) in [5.41, 5.74) is 3.37. The molecule has 0 unspecified atom stereocenters. The van der Waals surface area contributed by atoms with E-state index >= 15 is 0 Å². The van der Waals surface area contributed by atoms with E-state index in [1.807, 2.05) is 6.33 Å². The van der Waals surface area contributed by atoms with E-state index in [0.29, 0.717) is 6.54 Å². The number of aliphatic hydroxyl groups excluding tert-OH is 1. The number of aliphatic hydroxyl groups is 1. The third kappa shape index (κ3) is 2.36. The number of fused-ring (bicyclic) bond motifs is 1. The standard InChI is InChI=1S/C14H18ClN3O/c1-10-2-3-14-12(6-10)16-9-18(14)13-4-5-17(15)7-11(13)8-19/h2-3,6,9,11,13,19H,4-5,7-8H2,1H3/t11-,13+/m0/s1. The fourth-order valence-corrected chi connectivity index (χ4v) is 3.20. The lowest BCUT2D eigenvalue weighted by atomic mass is 9.93. The van der Waals surface area contributed by atoms with Crippen LogP contribution in [0.2, 0.25) is 0 Å². The van der Waals surface area contributed by atoms with Gasteiger partial charge >= 0.3 is 0 Å². The van der Waals surface area contributed by atoms with Crippen LogP contribution < -0.4 is 0 Å². The fraction of sp³-hybridized carbons (Fsp3) is 0.500. The normalized spacial score (nSPS) is 25.0. The number of rotatable bonds is 2. The summed E-state index contributed by atoms with van der Waals surface area (Å²) in [5, 5.41) is 9.58. The van der Waals surface area contributed by atoms with Gasteiger partial charge in [-0.25, -0.2) is 9.40 Å². The van der Waals surface area contributed by atoms with E-state index in [2.05, 4.69) is 34.7 Å². The first-order chi connectivity index (χ1) is 9.19. The van der Waals surface area contributed by atoms with Crippen molar-refractivity contribution in [3.63, 3.8) is 0 Å². The van der Waals surface area contributed by atoms with Gasteiger partial charge in [0.1, 0.15) is 0 Å². The van der Waals surface area contributed by atoms with Crippen molar-refractivity contribution in [1.29, 1.82) is 0 Å². The molecule has 2 atom stereocenters. The summed E-state index contributed by atoms with van der Waals surface area (Å²) in [6.45, 7) is 3.78. The summed E-state index contributed by atoms with van der Waals surface area (Å²) >= 11 is 6.05. The van der Waals surface area contributed by atoms with Crippen LogP contribution >= 0.6 is 11.8 Å². The smallest absolute Gasteiger partial charge is 0.0961 e. The van der Waals surface area contributed by atoms with Gasteiger partial charge in [-0.2, -0.15) is 0 Å². The zero-order valence-corrected chi connectivity index (χ0v) is 11.7. The quantitative estimate of drug-likeness (QED) is 0.858. The fourth-order valence-electron chi connectivity index (χ4n) is 2.93. The van der Waals surface area contributed by atoms with E-state index in [-0.39, 0.29) is 18.6 Å². The number of piperidine rings is 1. The van der Waals surface area contributed by atoms with Crippen LogP contribution in [0.4, 0.5) is 0 Å². The minimum atomic E-state index is 0.152. The van der Waals surface area contributed by atoms with Crippen LogP contribution in [0.5, 0.6) is 0 Å². The molecular formula is C14H18ClN3O. The molecule has 102 valence electrons. The predicted octanol–water partition coefficient (Wildman–Crippen LogP) is 2.35. The maximum atomic E-state index is 9.58. The van der Waals surface area contributed by atoms with Crippen molar-refractivity contribution in [2.24, 2.45) is 5.92 Å². The lowest BCUT2D eigenvalue weighted by Gasteiger charge is -2.35. The van der Waals surface area contributed by atoms with Crippen molar-refractivity contribution in [1.82, 2.24) is 14.0 Å². The summed E-state index contributed by atoms with van der Waals surface area (Å²) in [5.74, 6) is 0.157. The van der Waals surface area contributed by atoms with Crippen molar-refractivity contribution in [3.8, 4) is 0 Å². The van der Waals surface area contributed by atoms with E-state index in [0.717, 1.165) is 24.0 Å². The molecule has 1 aromatic carbocycles. The molecule has 19 heavy (non-hydrogen) atoms. The van der Waals surface area contributed by atoms with Crippen molar-refractivity contribution in [3.05, 3.63) is 30.1 Å². The Morgan fingerprint density at radius 2 is 2.32 bits per heavy atom. The first-order valence-corrected chi connectivity index (χ1v) is 6.97. The van der Waals surface area contributed by atoms with E-state index in [1.165, 1.54) is 5.56 Å². The number of aryl methyl sites for hydroxylation is 1. The van der Waals surface area contributed by atoms with Gasteiger partial charge in [-0.05, 0) is 42.8 Å². The molecule has 0 aliphatic carbocycles. The highest BCUT2D eigenvalue weighted by Crippen LogP contribution is 2.31. The number of halogens is 1. The minimum absolute atomic E-state index is 0.152. The van der Waals surface area contributed by atoms with Crippen molar-refractivity contribution in [2.75, 3.05) is 19.7 Å². The van der Waals surface area contributed by atoms with Gasteiger partial charge in [0.15, 0.2) is 0 Å². The van der Waals surface area contributed by atoms with Gasteiger partial charge in [-0.3, -0.25) is 0 Å². The molecular weight excluding hydrogens is 262 g/mol. The average Bonchev–Trinajstić information content (AvgIpc) is 2.81. The number of hydrogen-bond acceptors (Lipinski definition) is 3. The van der Waals surface area contributed by atoms with Crippen LogP contribution in [-0.2, 0) is 0 Å². The van der Waals surface area contributed by atoms with Crippen LogP contribution in [0.15, 0.2) is 24.5 Å². The number of aromatic nitrogens is 2. The van der Waals surface area contributed by atoms with Crippen molar-refractivity contribution in [2.45, 2.75) is 19.4 Å². The lowest BCUT2D eigenvalue weighted by molar-refractivity contribution is 0.119. The van der Waals surface area contributed by atoms with Crippen molar-refractivity contribution >= 4 is 22.8 Å². The summed E-state index contributed by atoms with van der Waals surface area (Å²) in [6.07, 6.45) is 2.83. The van der Waals surface area contributed by atoms with Gasteiger partial charge in [0.2, 0.25) is 0 Å². The van der Waals surface area contributed by atoms with E-state index in [1.54, 1.807) is 4.42 Å². The van der Waals surface area contributed by atoms with Crippen LogP contribution in [0.1, 0.15) is 18.0 Å². The largest absolute Gasteiger partial charge is 0.396 e. The summed E-state index contributed by atoms with van der Waals surface area (Å²) in [6, 6.07) is 6.58. The van der Waals surface area contributed by atoms with Crippen LogP contribution in [-0.4, -0.2) is 38.8 Å². The van der Waals surface area contributed by atoms with E-state index < -0.39 is 0 Å². The molecule has 0 radical (unpaired) electrons. The highest BCUT2D eigenvalue weighted by Gasteiger charge is 2.30. The van der Waals surface area contributed by atoms with Gasteiger partial charge in [-0.1, -0.05) is 6.07 Å². The van der Waals surface area contributed by atoms with Gasteiger partial charge in [-0.15, -0.1) is 0 Å². The van der Waals surface area contributed by atoms with E-state index in [9.17, 15) is 5.11 Å². The second-order valence-electron chi connectivity index (χ2n) is 5.31. The summed E-state index contributed by atoms with van der Waals surface area (Å²) in [4.78, 5) is 4.48. The highest BCUT2D eigenvalue weighted by molar-refractivity contribution is 6.13. The van der Waals surface area contributed by atoms with E-state index in [4.69, 9.17) is 11.8 Å². The Labute approximate surface area is 117 Å². The molecule has 0 spiro atoms. The average molecular weight is 280 g/mol. The molecule has 1 aromatic heterocycles. The molecule has 0 saturated carbocycles. The number of benzene rings is 1. The molecule has 1 fully saturated rings. The monoisotopic (exact) mass is 279 g/mol. The maximum absolute atomic E-state index is 9.58. The van der Waals surface area contributed by atoms with Crippen LogP contribution in [0, 0.1) is 12.8 Å². The molecule has 4 nitrogen and oxygen atoms in total. The molecule has 2 heterocycles. The Kier molecular flexibility index (Phi) is 3.48. The van der Waals surface area contributed by atoms with Gasteiger partial charge in [0, 0.05) is 31.7 Å². The summed E-state index contributed by atoms with van der Waals surface area (Å²) in [7, 11) is 0. The first-order valence-electron chi connectivity index (χ1n) is 6.64. The topological polar surface area (TPSA) is 41.3 Å². The molecule has 0 amide bonds. The Morgan fingerprint density at radius 1 is 1.47 bits per heavy atom. The Balaban J connectivity index is 1.99. The lowest BCUT2D eigenvalue weighted by Crippen LogP contribution is -2.38. The molecule has 1 saturated heterocycles. The second-order valence-corrected chi connectivity index (χ2v) is 5.79. The first kappa shape index (κ1) is 12.9. The number of hydrogen-bond donors (Lipinski definition) is 1. The zero-order valence-electron chi connectivity index (χ0n) is 11.0. The third-order valence-electron chi connectivity index (χ3n) is 3.97. The maximum Gasteiger partial charge on any atom is 0.0961 e. The molecule has 5 heteroatoms. The van der Waals surface area contributed by atoms with Crippen molar-refractivity contribution < 1.29 is 5.11 Å². The highest BCUT2D eigenvalue weighted by atomic mass is 35.5. The Morgan fingerprint density at radius 3 is 3.11 bits per heavy atom. The van der Waals surface area contributed by atoms with Crippen LogP contribution in [0.3, 0.4) is 0 Å². The molecule has 0 bridgehead atoms. The Bertz CT molecular complexity index is 583. The molecule has 1 aliphatic rings. The minimum Gasteiger partial charge on any atom is -0.396 e. The van der Waals surface area contributed by atoms with Gasteiger partial charge in [0.25, 0.3) is 0 Å². The third-order valence-corrected chi connectivity index (χ3v) is 4.27. The molecule has 3 rings (SSSR count). The van der Waals surface area contributed by atoms with Gasteiger partial charge in [0.05, 0.1) is 17.4 Å². The predicted molar refractivity (Wildman–Crippen MR) is 76.1 cm³/mol. The molecule has 2 aromatic rings. The van der Waals surface area contributed by atoms with Crippen LogP contribution in [0.25, 0.3) is 11.0 Å². The molecule has 1 N–H and O–H groups in total. The number of imidazole rings is 1.